The first kappa shape index (κ1) is 31.2. The highest BCUT2D eigenvalue weighted by atomic mass is 19.1. The number of anilines is 2. The average molecular weight is 652 g/mol. The number of piperazine rings is 1. The van der Waals surface area contributed by atoms with Crippen molar-refractivity contribution in [1.29, 1.82) is 0 Å². The van der Waals surface area contributed by atoms with Crippen LogP contribution >= 0.6 is 0 Å². The normalized spacial score (nSPS) is 16.2. The summed E-state index contributed by atoms with van der Waals surface area (Å²) in [6, 6.07) is 11.3. The zero-order valence-corrected chi connectivity index (χ0v) is 27.0. The van der Waals surface area contributed by atoms with E-state index in [-0.39, 0.29) is 47.0 Å². The van der Waals surface area contributed by atoms with Crippen LogP contribution in [0, 0.1) is 11.6 Å². The first-order chi connectivity index (χ1) is 23.1. The van der Waals surface area contributed by atoms with Gasteiger partial charge in [0, 0.05) is 50.4 Å². The van der Waals surface area contributed by atoms with Crippen molar-refractivity contribution in [3.8, 4) is 16.9 Å². The molecule has 1 atom stereocenters. The molecule has 3 aromatic heterocycles. The maximum atomic E-state index is 16.5. The molecule has 1 N–H and O–H groups in total. The van der Waals surface area contributed by atoms with Crippen molar-refractivity contribution < 1.29 is 13.6 Å². The van der Waals surface area contributed by atoms with Crippen molar-refractivity contribution in [1.82, 2.24) is 34.4 Å². The van der Waals surface area contributed by atoms with Crippen molar-refractivity contribution in [2.45, 2.75) is 45.7 Å². The Balaban J connectivity index is 1.54. The van der Waals surface area contributed by atoms with Gasteiger partial charge >= 0.3 is 5.69 Å². The van der Waals surface area contributed by atoms with Crippen LogP contribution in [-0.4, -0.2) is 72.6 Å². The number of benzene rings is 2. The van der Waals surface area contributed by atoms with Crippen molar-refractivity contribution in [3.05, 3.63) is 100 Å². The lowest BCUT2D eigenvalue weighted by Gasteiger charge is -2.40. The molecule has 2 aromatic carbocycles. The molecule has 48 heavy (non-hydrogen) atoms. The highest BCUT2D eigenvalue weighted by molar-refractivity contribution is 5.92. The summed E-state index contributed by atoms with van der Waals surface area (Å²) in [4.78, 5) is 39.7. The quantitative estimate of drug-likeness (QED) is 0.280. The van der Waals surface area contributed by atoms with Gasteiger partial charge in [0.2, 0.25) is 5.91 Å². The molecule has 4 bridgehead atoms. The molecular formula is C35H35F2N9O2. The number of amides is 1. The van der Waals surface area contributed by atoms with Crippen LogP contribution in [0.15, 0.2) is 66.1 Å². The predicted octanol–water partition coefficient (Wildman–Crippen LogP) is 4.68. The minimum atomic E-state index is -0.765. The Bertz CT molecular complexity index is 2140. The molecule has 7 rings (SSSR count). The lowest BCUT2D eigenvalue weighted by atomic mass is 9.98. The third-order valence-electron chi connectivity index (χ3n) is 9.05. The second-order valence-corrected chi connectivity index (χ2v) is 12.5. The highest BCUT2D eigenvalue weighted by Gasteiger charge is 2.31. The van der Waals surface area contributed by atoms with E-state index in [1.54, 1.807) is 27.9 Å². The van der Waals surface area contributed by atoms with E-state index in [4.69, 9.17) is 4.98 Å². The highest BCUT2D eigenvalue weighted by Crippen LogP contribution is 2.37. The van der Waals surface area contributed by atoms with E-state index >= 15 is 8.78 Å². The minimum absolute atomic E-state index is 0.0147. The average Bonchev–Trinajstić information content (AvgIpc) is 3.51. The number of carbonyl (C=O) groups is 1. The molecule has 0 saturated carbocycles. The van der Waals surface area contributed by atoms with Gasteiger partial charge in [0.05, 0.1) is 29.0 Å². The number of hydrogen-bond donors (Lipinski definition) is 1. The van der Waals surface area contributed by atoms with Crippen molar-refractivity contribution in [2.75, 3.05) is 36.4 Å². The molecule has 5 heterocycles. The largest absolute Gasteiger partial charge is 0.381 e. The molecule has 0 spiro atoms. The Labute approximate surface area is 275 Å². The van der Waals surface area contributed by atoms with Gasteiger partial charge in [-0.2, -0.15) is 4.98 Å². The van der Waals surface area contributed by atoms with Crippen molar-refractivity contribution >= 4 is 28.4 Å². The Hall–Kier alpha value is -5.46. The van der Waals surface area contributed by atoms with Crippen LogP contribution in [-0.2, 0) is 17.8 Å². The Kier molecular flexibility index (Phi) is 7.98. The summed E-state index contributed by atoms with van der Waals surface area (Å²) in [6.07, 6.45) is 3.25. The summed E-state index contributed by atoms with van der Waals surface area (Å²) in [5, 5.41) is 12.3. The van der Waals surface area contributed by atoms with E-state index in [0.717, 1.165) is 5.56 Å². The summed E-state index contributed by atoms with van der Waals surface area (Å²) in [6.45, 7) is 11.6. The number of halogens is 2. The lowest BCUT2D eigenvalue weighted by Crippen LogP contribution is -2.54. The summed E-state index contributed by atoms with van der Waals surface area (Å²) < 4.78 is 35.4. The topological polar surface area (TPSA) is 114 Å². The van der Waals surface area contributed by atoms with E-state index in [1.165, 1.54) is 22.8 Å². The SMILES string of the molecule is C=CC(=O)N1CCN(c2nc(=O)n3c4nc(c(F)cc24)-c2c(F)cccc2Cc2cn(nn2)CCNc2cccc(C(C)C)c2-3)[C@@H](C)C1. The molecule has 1 fully saturated rings. The van der Waals surface area contributed by atoms with Crippen LogP contribution in [0.25, 0.3) is 28.0 Å². The van der Waals surface area contributed by atoms with Gasteiger partial charge in [-0.1, -0.05) is 49.9 Å². The third kappa shape index (κ3) is 5.38. The van der Waals surface area contributed by atoms with E-state index in [1.807, 2.05) is 43.9 Å². The van der Waals surface area contributed by atoms with Crippen LogP contribution in [0.3, 0.4) is 0 Å². The van der Waals surface area contributed by atoms with Gasteiger partial charge in [-0.3, -0.25) is 9.48 Å². The van der Waals surface area contributed by atoms with Gasteiger partial charge in [0.25, 0.3) is 0 Å². The molecule has 246 valence electrons. The molecule has 0 radical (unpaired) electrons. The summed E-state index contributed by atoms with van der Waals surface area (Å²) in [5.41, 5.74) is 2.37. The van der Waals surface area contributed by atoms with Crippen LogP contribution in [0.5, 0.6) is 0 Å². The number of pyridine rings is 1. The molecule has 11 nitrogen and oxygen atoms in total. The number of carbonyl (C=O) groups excluding carboxylic acids is 1. The molecule has 1 amide bonds. The fourth-order valence-corrected chi connectivity index (χ4v) is 6.73. The van der Waals surface area contributed by atoms with Crippen molar-refractivity contribution in [2.24, 2.45) is 0 Å². The number of para-hydroxylation sites is 1. The fourth-order valence-electron chi connectivity index (χ4n) is 6.73. The lowest BCUT2D eigenvalue weighted by molar-refractivity contribution is -0.126. The molecule has 1 saturated heterocycles. The third-order valence-corrected chi connectivity index (χ3v) is 9.05. The van der Waals surface area contributed by atoms with Gasteiger partial charge in [-0.15, -0.1) is 5.10 Å². The predicted molar refractivity (Wildman–Crippen MR) is 179 cm³/mol. The number of aromatic nitrogens is 6. The zero-order chi connectivity index (χ0) is 33.7. The first-order valence-electron chi connectivity index (χ1n) is 16.0. The number of hydrogen-bond acceptors (Lipinski definition) is 8. The van der Waals surface area contributed by atoms with Crippen LogP contribution in [0.2, 0.25) is 0 Å². The number of nitrogens with zero attached hydrogens (tertiary/aromatic N) is 8. The standard InChI is InChI=1S/C35H35F2N9O2/c1-5-29(47)43-14-15-45(21(4)18-43)33-25-17-27(37)31-30-22(8-6-10-26(30)36)16-23-19-44(42-41-23)13-12-38-28-11-7-9-24(20(2)3)32(28)46(34(25)39-31)35(48)40-33/h5-11,17,19-21,38H,1,12-16,18H2,2-4H3/t21-/m0/s1. The maximum Gasteiger partial charge on any atom is 0.355 e. The monoisotopic (exact) mass is 651 g/mol. The van der Waals surface area contributed by atoms with Gasteiger partial charge in [-0.25, -0.2) is 23.1 Å². The van der Waals surface area contributed by atoms with Gasteiger partial charge in [0.15, 0.2) is 5.65 Å². The van der Waals surface area contributed by atoms with Crippen LogP contribution < -0.4 is 15.9 Å². The minimum Gasteiger partial charge on any atom is -0.381 e. The molecule has 5 aromatic rings. The number of rotatable bonds is 3. The maximum absolute atomic E-state index is 16.5. The Morgan fingerprint density at radius 1 is 1.08 bits per heavy atom. The Morgan fingerprint density at radius 3 is 2.67 bits per heavy atom. The first-order valence-corrected chi connectivity index (χ1v) is 16.0. The molecule has 2 aliphatic rings. The molecule has 0 aliphatic carbocycles. The van der Waals surface area contributed by atoms with E-state index in [0.29, 0.717) is 60.7 Å². The van der Waals surface area contributed by atoms with Crippen molar-refractivity contribution in [3.63, 3.8) is 0 Å². The number of fused-ring (bicyclic) bond motifs is 7. The Morgan fingerprint density at radius 2 is 1.90 bits per heavy atom. The van der Waals surface area contributed by atoms with E-state index in [2.05, 4.69) is 27.2 Å². The summed E-state index contributed by atoms with van der Waals surface area (Å²) >= 11 is 0. The van der Waals surface area contributed by atoms with Gasteiger partial charge in [0.1, 0.15) is 23.1 Å². The molecule has 0 unspecified atom stereocenters. The molecule has 13 heteroatoms. The van der Waals surface area contributed by atoms with Crippen LogP contribution in [0.1, 0.15) is 43.5 Å². The fraction of sp³-hybridized carbons (Fsp3) is 0.314. The summed E-state index contributed by atoms with van der Waals surface area (Å²) in [7, 11) is 0. The summed E-state index contributed by atoms with van der Waals surface area (Å²) in [5.74, 6) is -1.37. The number of nitrogens with one attached hydrogen (secondary N) is 1. The zero-order valence-electron chi connectivity index (χ0n) is 27.0. The molecule has 2 aliphatic heterocycles. The molecular weight excluding hydrogens is 616 g/mol. The van der Waals surface area contributed by atoms with E-state index < -0.39 is 17.3 Å². The second kappa shape index (κ2) is 12.3. The van der Waals surface area contributed by atoms with Gasteiger partial charge < -0.3 is 15.1 Å². The van der Waals surface area contributed by atoms with Gasteiger partial charge in [-0.05, 0) is 48.2 Å². The second-order valence-electron chi connectivity index (χ2n) is 12.5. The van der Waals surface area contributed by atoms with Crippen LogP contribution in [0.4, 0.5) is 20.3 Å². The van der Waals surface area contributed by atoms with E-state index in [9.17, 15) is 9.59 Å². The smallest absolute Gasteiger partial charge is 0.355 e.